The Morgan fingerprint density at radius 3 is 2.39 bits per heavy atom. The number of methoxy groups -OCH3 is 1. The van der Waals surface area contributed by atoms with Gasteiger partial charge in [-0.25, -0.2) is 9.97 Å². The largest absolute Gasteiger partial charge is 0.467 e. The van der Waals surface area contributed by atoms with Gasteiger partial charge in [0, 0.05) is 23.4 Å². The molecule has 0 aromatic carbocycles. The van der Waals surface area contributed by atoms with Crippen LogP contribution >= 0.6 is 0 Å². The molecule has 1 saturated carbocycles. The Kier molecular flexibility index (Phi) is 2.75. The Morgan fingerprint density at radius 1 is 1.28 bits per heavy atom. The van der Waals surface area contributed by atoms with E-state index in [1.165, 1.54) is 0 Å². The highest BCUT2D eigenvalue weighted by molar-refractivity contribution is 5.20. The maximum atomic E-state index is 9.47. The van der Waals surface area contributed by atoms with E-state index in [2.05, 4.69) is 9.97 Å². The Bertz CT molecular complexity index is 408. The monoisotopic (exact) mass is 250 g/mol. The van der Waals surface area contributed by atoms with Gasteiger partial charge in [-0.3, -0.25) is 0 Å². The van der Waals surface area contributed by atoms with E-state index in [4.69, 9.17) is 9.47 Å². The van der Waals surface area contributed by atoms with Crippen LogP contribution in [0.3, 0.4) is 0 Å². The van der Waals surface area contributed by atoms with Gasteiger partial charge in [-0.1, -0.05) is 0 Å². The number of ether oxygens (including phenoxy) is 2. The van der Waals surface area contributed by atoms with E-state index < -0.39 is 0 Å². The molecule has 1 aromatic heterocycles. The summed E-state index contributed by atoms with van der Waals surface area (Å²) in [6.07, 6.45) is 7.48. The maximum Gasteiger partial charge on any atom is 0.316 e. The summed E-state index contributed by atoms with van der Waals surface area (Å²) in [5.41, 5.74) is 0.771. The lowest BCUT2D eigenvalue weighted by Gasteiger charge is -2.52. The number of hydrogen-bond donors (Lipinski definition) is 1. The number of aromatic nitrogens is 2. The predicted molar refractivity (Wildman–Crippen MR) is 64.2 cm³/mol. The van der Waals surface area contributed by atoms with Crippen LogP contribution in [0.2, 0.25) is 0 Å². The molecule has 0 unspecified atom stereocenters. The normalized spacial score (nSPS) is 34.6. The lowest BCUT2D eigenvalue weighted by atomic mass is 9.65. The molecule has 2 aliphatic heterocycles. The molecule has 0 spiro atoms. The fraction of sp³-hybridized carbons (Fsp3) is 0.692. The number of fused-ring (bicyclic) bond motifs is 3. The lowest BCUT2D eigenvalue weighted by molar-refractivity contribution is -0.199. The minimum Gasteiger partial charge on any atom is -0.467 e. The van der Waals surface area contributed by atoms with Gasteiger partial charge in [0.2, 0.25) is 0 Å². The van der Waals surface area contributed by atoms with Crippen LogP contribution in [0.5, 0.6) is 6.01 Å². The van der Waals surface area contributed by atoms with Crippen molar-refractivity contribution in [3.63, 3.8) is 0 Å². The van der Waals surface area contributed by atoms with Crippen molar-refractivity contribution in [2.75, 3.05) is 20.3 Å². The Labute approximate surface area is 106 Å². The second kappa shape index (κ2) is 4.17. The summed E-state index contributed by atoms with van der Waals surface area (Å²) >= 11 is 0. The fourth-order valence-corrected chi connectivity index (χ4v) is 3.00. The summed E-state index contributed by atoms with van der Waals surface area (Å²) in [6, 6.07) is 0.381. The van der Waals surface area contributed by atoms with Gasteiger partial charge in [0.25, 0.3) is 0 Å². The Morgan fingerprint density at radius 2 is 1.94 bits per heavy atom. The van der Waals surface area contributed by atoms with Crippen LogP contribution in [0.15, 0.2) is 12.4 Å². The third-order valence-electron chi connectivity index (χ3n) is 4.45. The SMILES string of the molecule is COc1ncc(C23CCC(CO)(CC2)CO3)cn1. The van der Waals surface area contributed by atoms with E-state index in [1.807, 2.05) is 0 Å². The van der Waals surface area contributed by atoms with Gasteiger partial charge >= 0.3 is 6.01 Å². The number of nitrogens with zero attached hydrogens (tertiary/aromatic N) is 2. The molecule has 2 bridgehead atoms. The highest BCUT2D eigenvalue weighted by Gasteiger charge is 2.50. The van der Waals surface area contributed by atoms with Crippen LogP contribution < -0.4 is 4.74 Å². The van der Waals surface area contributed by atoms with Crippen molar-refractivity contribution in [2.24, 2.45) is 5.41 Å². The molecule has 1 aliphatic carbocycles. The van der Waals surface area contributed by atoms with Gasteiger partial charge in [-0.15, -0.1) is 0 Å². The average molecular weight is 250 g/mol. The van der Waals surface area contributed by atoms with E-state index in [0.717, 1.165) is 31.2 Å². The van der Waals surface area contributed by atoms with Crippen LogP contribution in [-0.2, 0) is 10.3 Å². The smallest absolute Gasteiger partial charge is 0.316 e. The first-order chi connectivity index (χ1) is 8.72. The van der Waals surface area contributed by atoms with Crippen molar-refractivity contribution in [2.45, 2.75) is 31.3 Å². The van der Waals surface area contributed by atoms with Crippen molar-refractivity contribution in [3.05, 3.63) is 18.0 Å². The highest BCUT2D eigenvalue weighted by Crippen LogP contribution is 2.53. The van der Waals surface area contributed by atoms with Crippen LogP contribution in [0.4, 0.5) is 0 Å². The number of hydrogen-bond acceptors (Lipinski definition) is 5. The topological polar surface area (TPSA) is 64.5 Å². The van der Waals surface area contributed by atoms with Gasteiger partial charge in [0.1, 0.15) is 0 Å². The number of aliphatic hydroxyl groups excluding tert-OH is 1. The van der Waals surface area contributed by atoms with Gasteiger partial charge in [0.15, 0.2) is 0 Å². The van der Waals surface area contributed by atoms with Crippen LogP contribution in [0.1, 0.15) is 31.2 Å². The van der Waals surface area contributed by atoms with Gasteiger partial charge < -0.3 is 14.6 Å². The average Bonchev–Trinajstić information content (AvgIpc) is 2.49. The molecular formula is C13H18N2O3. The molecule has 0 radical (unpaired) electrons. The third kappa shape index (κ3) is 1.69. The molecule has 3 heterocycles. The quantitative estimate of drug-likeness (QED) is 0.875. The molecule has 0 amide bonds. The second-order valence-corrected chi connectivity index (χ2v) is 5.40. The summed E-state index contributed by atoms with van der Waals surface area (Å²) in [5, 5.41) is 9.47. The van der Waals surface area contributed by atoms with E-state index in [1.54, 1.807) is 19.5 Å². The molecule has 3 fully saturated rings. The van der Waals surface area contributed by atoms with Crippen LogP contribution in [0.25, 0.3) is 0 Å². The van der Waals surface area contributed by atoms with Crippen LogP contribution in [-0.4, -0.2) is 35.4 Å². The van der Waals surface area contributed by atoms with Crippen molar-refractivity contribution >= 4 is 0 Å². The molecule has 18 heavy (non-hydrogen) atoms. The Hall–Kier alpha value is -1.20. The predicted octanol–water partition coefficient (Wildman–Crippen LogP) is 1.26. The zero-order valence-corrected chi connectivity index (χ0v) is 10.6. The zero-order chi connectivity index (χ0) is 12.6. The van der Waals surface area contributed by atoms with Crippen molar-refractivity contribution in [1.82, 2.24) is 9.97 Å². The first-order valence-corrected chi connectivity index (χ1v) is 6.33. The summed E-state index contributed by atoms with van der Waals surface area (Å²) in [7, 11) is 1.56. The first-order valence-electron chi connectivity index (χ1n) is 6.33. The third-order valence-corrected chi connectivity index (χ3v) is 4.45. The van der Waals surface area contributed by atoms with E-state index in [-0.39, 0.29) is 17.6 Å². The minimum absolute atomic E-state index is 0.00488. The summed E-state index contributed by atoms with van der Waals surface area (Å²) < 4.78 is 11.0. The van der Waals surface area contributed by atoms with Crippen molar-refractivity contribution < 1.29 is 14.6 Å². The summed E-state index contributed by atoms with van der Waals surface area (Å²) in [4.78, 5) is 8.31. The second-order valence-electron chi connectivity index (χ2n) is 5.40. The lowest BCUT2D eigenvalue weighted by Crippen LogP contribution is -2.50. The maximum absolute atomic E-state index is 9.47. The van der Waals surface area contributed by atoms with Crippen LogP contribution in [0, 0.1) is 5.41 Å². The molecule has 1 aromatic rings. The fourth-order valence-electron chi connectivity index (χ4n) is 3.00. The molecule has 1 N–H and O–H groups in total. The molecule has 3 aliphatic rings. The van der Waals surface area contributed by atoms with E-state index in [9.17, 15) is 5.11 Å². The van der Waals surface area contributed by atoms with Crippen molar-refractivity contribution in [3.8, 4) is 6.01 Å². The standard InChI is InChI=1S/C13H18N2O3/c1-17-11-14-6-10(7-15-11)13-4-2-12(8-16,3-5-13)9-18-13/h6-7,16H,2-5,8-9H2,1H3. The van der Waals surface area contributed by atoms with Crippen molar-refractivity contribution in [1.29, 1.82) is 0 Å². The number of aliphatic hydroxyl groups is 1. The zero-order valence-electron chi connectivity index (χ0n) is 10.6. The molecule has 2 saturated heterocycles. The molecule has 5 heteroatoms. The molecule has 5 nitrogen and oxygen atoms in total. The van der Waals surface area contributed by atoms with Gasteiger partial charge in [-0.05, 0) is 25.7 Å². The van der Waals surface area contributed by atoms with Gasteiger partial charge in [-0.2, -0.15) is 0 Å². The first kappa shape index (κ1) is 11.9. The van der Waals surface area contributed by atoms with E-state index in [0.29, 0.717) is 12.6 Å². The Balaban J connectivity index is 1.84. The summed E-state index contributed by atoms with van der Waals surface area (Å²) in [5.74, 6) is 0. The highest BCUT2D eigenvalue weighted by atomic mass is 16.5. The molecule has 4 rings (SSSR count). The van der Waals surface area contributed by atoms with E-state index >= 15 is 0 Å². The molecular weight excluding hydrogens is 232 g/mol. The molecule has 98 valence electrons. The summed E-state index contributed by atoms with van der Waals surface area (Å²) in [6.45, 7) is 0.859. The minimum atomic E-state index is -0.247. The number of rotatable bonds is 3. The van der Waals surface area contributed by atoms with Gasteiger partial charge in [0.05, 0.1) is 25.9 Å². The molecule has 0 atom stereocenters.